The molecule has 1 N–H and O–H groups in total. The van der Waals surface area contributed by atoms with E-state index < -0.39 is 0 Å². The highest BCUT2D eigenvalue weighted by Crippen LogP contribution is 2.26. The van der Waals surface area contributed by atoms with Crippen molar-refractivity contribution in [3.8, 4) is 0 Å². The standard InChI is InChI=1S/C13H23NO/c15-13(11-6-2-1-3-7-11)10-12-8-4-5-9-14-12/h11-12,14H,1-10H2. The second-order valence-electron chi connectivity index (χ2n) is 5.15. The fourth-order valence-corrected chi connectivity index (χ4v) is 2.93. The second-order valence-corrected chi connectivity index (χ2v) is 5.15. The van der Waals surface area contributed by atoms with Crippen molar-refractivity contribution in [3.63, 3.8) is 0 Å². The van der Waals surface area contributed by atoms with Gasteiger partial charge in [-0.3, -0.25) is 4.79 Å². The lowest BCUT2D eigenvalue weighted by molar-refractivity contribution is -0.124. The van der Waals surface area contributed by atoms with Gasteiger partial charge in [0.2, 0.25) is 0 Å². The fourth-order valence-electron chi connectivity index (χ4n) is 2.93. The summed E-state index contributed by atoms with van der Waals surface area (Å²) in [5.74, 6) is 0.941. The van der Waals surface area contributed by atoms with Gasteiger partial charge in [-0.05, 0) is 32.2 Å². The average Bonchev–Trinajstić information content (AvgIpc) is 2.31. The van der Waals surface area contributed by atoms with Gasteiger partial charge in [-0.25, -0.2) is 0 Å². The maximum absolute atomic E-state index is 12.0. The maximum Gasteiger partial charge on any atom is 0.137 e. The Bertz CT molecular complexity index is 203. The van der Waals surface area contributed by atoms with Crippen molar-refractivity contribution in [1.29, 1.82) is 0 Å². The molecule has 2 rings (SSSR count). The van der Waals surface area contributed by atoms with Crippen molar-refractivity contribution in [2.75, 3.05) is 6.54 Å². The number of nitrogens with one attached hydrogen (secondary N) is 1. The van der Waals surface area contributed by atoms with Crippen LogP contribution in [0.5, 0.6) is 0 Å². The summed E-state index contributed by atoms with van der Waals surface area (Å²) in [4.78, 5) is 12.0. The van der Waals surface area contributed by atoms with E-state index in [1.807, 2.05) is 0 Å². The summed E-state index contributed by atoms with van der Waals surface area (Å²) < 4.78 is 0. The maximum atomic E-state index is 12.0. The van der Waals surface area contributed by atoms with Crippen molar-refractivity contribution in [1.82, 2.24) is 5.32 Å². The third-order valence-corrected chi connectivity index (χ3v) is 3.92. The summed E-state index contributed by atoms with van der Waals surface area (Å²) >= 11 is 0. The van der Waals surface area contributed by atoms with Gasteiger partial charge in [0, 0.05) is 18.4 Å². The van der Waals surface area contributed by atoms with Crippen LogP contribution in [0.2, 0.25) is 0 Å². The minimum atomic E-state index is 0.405. The molecule has 0 aromatic carbocycles. The predicted molar refractivity (Wildman–Crippen MR) is 61.8 cm³/mol. The minimum absolute atomic E-state index is 0.405. The molecule has 0 aromatic heterocycles. The quantitative estimate of drug-likeness (QED) is 0.774. The lowest BCUT2D eigenvalue weighted by Crippen LogP contribution is -2.37. The summed E-state index contributed by atoms with van der Waals surface area (Å²) in [6.07, 6.45) is 10.8. The molecule has 2 fully saturated rings. The monoisotopic (exact) mass is 209 g/mol. The summed E-state index contributed by atoms with van der Waals surface area (Å²) in [6.45, 7) is 1.11. The number of carbonyl (C=O) groups is 1. The van der Waals surface area contributed by atoms with Crippen molar-refractivity contribution in [2.45, 2.75) is 63.8 Å². The Balaban J connectivity index is 1.74. The Hall–Kier alpha value is -0.370. The van der Waals surface area contributed by atoms with Crippen LogP contribution in [0.25, 0.3) is 0 Å². The molecule has 1 saturated carbocycles. The van der Waals surface area contributed by atoms with E-state index in [0.29, 0.717) is 17.7 Å². The third-order valence-electron chi connectivity index (χ3n) is 3.92. The van der Waals surface area contributed by atoms with E-state index >= 15 is 0 Å². The number of ketones is 1. The van der Waals surface area contributed by atoms with Gasteiger partial charge in [-0.1, -0.05) is 25.7 Å². The first kappa shape index (κ1) is 11.1. The molecular formula is C13H23NO. The van der Waals surface area contributed by atoms with Crippen molar-refractivity contribution >= 4 is 5.78 Å². The molecule has 1 aliphatic carbocycles. The molecule has 0 spiro atoms. The summed E-state index contributed by atoms with van der Waals surface area (Å²) in [6, 6.07) is 0.494. The summed E-state index contributed by atoms with van der Waals surface area (Å²) in [7, 11) is 0. The zero-order chi connectivity index (χ0) is 10.5. The fraction of sp³-hybridized carbons (Fsp3) is 0.923. The Kier molecular flexibility index (Phi) is 4.18. The first-order chi connectivity index (χ1) is 7.36. The molecular weight excluding hydrogens is 186 g/mol. The second kappa shape index (κ2) is 5.64. The molecule has 2 aliphatic rings. The van der Waals surface area contributed by atoms with Gasteiger partial charge in [0.25, 0.3) is 0 Å². The predicted octanol–water partition coefficient (Wildman–Crippen LogP) is 2.67. The largest absolute Gasteiger partial charge is 0.314 e. The highest BCUT2D eigenvalue weighted by Gasteiger charge is 2.24. The molecule has 0 amide bonds. The van der Waals surface area contributed by atoms with Gasteiger partial charge in [0.1, 0.15) is 5.78 Å². The Morgan fingerprint density at radius 3 is 2.40 bits per heavy atom. The van der Waals surface area contributed by atoms with Gasteiger partial charge in [0.05, 0.1) is 0 Å². The Labute approximate surface area is 92.8 Å². The van der Waals surface area contributed by atoms with E-state index in [1.54, 1.807) is 0 Å². The Morgan fingerprint density at radius 1 is 1.00 bits per heavy atom. The van der Waals surface area contributed by atoms with Crippen LogP contribution in [0.1, 0.15) is 57.8 Å². The number of Topliss-reactive ketones (excluding diaryl/α,β-unsaturated/α-hetero) is 1. The van der Waals surface area contributed by atoms with Crippen LogP contribution in [-0.2, 0) is 4.79 Å². The average molecular weight is 209 g/mol. The first-order valence-corrected chi connectivity index (χ1v) is 6.62. The minimum Gasteiger partial charge on any atom is -0.314 e. The van der Waals surface area contributed by atoms with Gasteiger partial charge >= 0.3 is 0 Å². The van der Waals surface area contributed by atoms with Crippen molar-refractivity contribution in [2.24, 2.45) is 5.92 Å². The van der Waals surface area contributed by atoms with E-state index in [1.165, 1.54) is 38.5 Å². The molecule has 0 radical (unpaired) electrons. The molecule has 1 heterocycles. The number of rotatable bonds is 3. The molecule has 1 unspecified atom stereocenters. The van der Waals surface area contributed by atoms with Crippen LogP contribution in [0.3, 0.4) is 0 Å². The normalized spacial score (nSPS) is 28.9. The molecule has 1 atom stereocenters. The SMILES string of the molecule is O=C(CC1CCCCN1)C1CCCCC1. The number of hydrogen-bond acceptors (Lipinski definition) is 2. The van der Waals surface area contributed by atoms with E-state index in [9.17, 15) is 4.79 Å². The topological polar surface area (TPSA) is 29.1 Å². The molecule has 0 bridgehead atoms. The number of hydrogen-bond donors (Lipinski definition) is 1. The number of piperidine rings is 1. The van der Waals surface area contributed by atoms with Crippen molar-refractivity contribution < 1.29 is 4.79 Å². The molecule has 0 aromatic rings. The molecule has 15 heavy (non-hydrogen) atoms. The van der Waals surface area contributed by atoms with Gasteiger partial charge < -0.3 is 5.32 Å². The van der Waals surface area contributed by atoms with E-state index in [4.69, 9.17) is 0 Å². The van der Waals surface area contributed by atoms with E-state index in [-0.39, 0.29) is 0 Å². The highest BCUT2D eigenvalue weighted by molar-refractivity contribution is 5.81. The van der Waals surface area contributed by atoms with Crippen LogP contribution < -0.4 is 5.32 Å². The van der Waals surface area contributed by atoms with Crippen LogP contribution in [0, 0.1) is 5.92 Å². The first-order valence-electron chi connectivity index (χ1n) is 6.62. The van der Waals surface area contributed by atoms with Crippen molar-refractivity contribution in [3.05, 3.63) is 0 Å². The van der Waals surface area contributed by atoms with E-state index in [0.717, 1.165) is 25.8 Å². The number of carbonyl (C=O) groups excluding carboxylic acids is 1. The molecule has 1 saturated heterocycles. The smallest absolute Gasteiger partial charge is 0.137 e. The lowest BCUT2D eigenvalue weighted by Gasteiger charge is -2.26. The zero-order valence-electron chi connectivity index (χ0n) is 9.63. The zero-order valence-corrected chi connectivity index (χ0v) is 9.63. The lowest BCUT2D eigenvalue weighted by atomic mass is 9.83. The third kappa shape index (κ3) is 3.30. The molecule has 1 aliphatic heterocycles. The highest BCUT2D eigenvalue weighted by atomic mass is 16.1. The van der Waals surface area contributed by atoms with Crippen LogP contribution >= 0.6 is 0 Å². The summed E-state index contributed by atoms with van der Waals surface area (Å²) in [5, 5.41) is 3.47. The van der Waals surface area contributed by atoms with Crippen LogP contribution in [0.15, 0.2) is 0 Å². The Morgan fingerprint density at radius 2 is 1.73 bits per heavy atom. The van der Waals surface area contributed by atoms with Gasteiger partial charge in [0.15, 0.2) is 0 Å². The van der Waals surface area contributed by atoms with Gasteiger partial charge in [-0.2, -0.15) is 0 Å². The molecule has 2 heteroatoms. The molecule has 86 valence electrons. The van der Waals surface area contributed by atoms with E-state index in [2.05, 4.69) is 5.32 Å². The summed E-state index contributed by atoms with van der Waals surface area (Å²) in [5.41, 5.74) is 0. The van der Waals surface area contributed by atoms with Crippen LogP contribution in [0.4, 0.5) is 0 Å². The van der Waals surface area contributed by atoms with Crippen LogP contribution in [-0.4, -0.2) is 18.4 Å². The van der Waals surface area contributed by atoms with Gasteiger partial charge in [-0.15, -0.1) is 0 Å². The molecule has 2 nitrogen and oxygen atoms in total.